The van der Waals surface area contributed by atoms with Crippen LogP contribution in [0.5, 0.6) is 0 Å². The summed E-state index contributed by atoms with van der Waals surface area (Å²) in [6.07, 6.45) is 4.37. The molecule has 4 rings (SSSR count). The Kier molecular flexibility index (Phi) is 6.66. The van der Waals surface area contributed by atoms with Crippen molar-refractivity contribution in [3.8, 4) is 6.07 Å². The van der Waals surface area contributed by atoms with Crippen LogP contribution in [0.4, 0.5) is 0 Å². The van der Waals surface area contributed by atoms with Crippen molar-refractivity contribution in [3.05, 3.63) is 35.0 Å². The lowest BCUT2D eigenvalue weighted by Gasteiger charge is -2.25. The summed E-state index contributed by atoms with van der Waals surface area (Å²) in [5, 5.41) is 19.2. The number of nitrogens with zero attached hydrogens (tertiary/aromatic N) is 1. The summed E-state index contributed by atoms with van der Waals surface area (Å²) in [4.78, 5) is 40.9. The number of carbonyl (C=O) groups is 3. The normalized spacial score (nSPS) is 20.1. The Hall–Kier alpha value is -3.05. The fourth-order valence-corrected chi connectivity index (χ4v) is 4.39. The van der Waals surface area contributed by atoms with Crippen LogP contribution in [0.25, 0.3) is 10.9 Å². The van der Waals surface area contributed by atoms with Gasteiger partial charge in [0.1, 0.15) is 17.8 Å². The van der Waals surface area contributed by atoms with Gasteiger partial charge in [-0.1, -0.05) is 36.6 Å². The minimum absolute atomic E-state index is 0.0777. The third-order valence-corrected chi connectivity index (χ3v) is 6.44. The lowest BCUT2D eigenvalue weighted by Crippen LogP contribution is -2.50. The van der Waals surface area contributed by atoms with Crippen LogP contribution >= 0.6 is 11.6 Å². The van der Waals surface area contributed by atoms with E-state index >= 15 is 0 Å². The van der Waals surface area contributed by atoms with Crippen LogP contribution in [-0.2, 0) is 9.59 Å². The van der Waals surface area contributed by atoms with Gasteiger partial charge in [-0.15, -0.1) is 0 Å². The van der Waals surface area contributed by atoms with Gasteiger partial charge in [0.05, 0.1) is 16.6 Å². The average molecular weight is 456 g/mol. The molecule has 2 aliphatic rings. The van der Waals surface area contributed by atoms with Gasteiger partial charge in [-0.3, -0.25) is 14.4 Å². The highest BCUT2D eigenvalue weighted by molar-refractivity contribution is 6.35. The van der Waals surface area contributed by atoms with E-state index in [1.165, 1.54) is 0 Å². The summed E-state index contributed by atoms with van der Waals surface area (Å²) >= 11 is 6.19. The largest absolute Gasteiger partial charge is 0.356 e. The fraction of sp³-hybridized carbons (Fsp3) is 0.478. The molecule has 1 aromatic heterocycles. The summed E-state index contributed by atoms with van der Waals surface area (Å²) in [6, 6.07) is 7.63. The lowest BCUT2D eigenvalue weighted by molar-refractivity contribution is -0.128. The van der Waals surface area contributed by atoms with E-state index in [1.54, 1.807) is 18.2 Å². The Morgan fingerprint density at radius 1 is 1.22 bits per heavy atom. The topological polar surface area (TPSA) is 127 Å². The zero-order valence-electron chi connectivity index (χ0n) is 17.6. The second-order valence-corrected chi connectivity index (χ2v) is 9.06. The third kappa shape index (κ3) is 5.22. The molecule has 0 bridgehead atoms. The third-order valence-electron chi connectivity index (χ3n) is 6.13. The molecule has 2 fully saturated rings. The number of fused-ring (bicyclic) bond motifs is 1. The number of hydrogen-bond donors (Lipinski definition) is 4. The molecule has 0 spiro atoms. The number of H-pyrrole nitrogens is 1. The lowest BCUT2D eigenvalue weighted by atomic mass is 9.92. The summed E-state index contributed by atoms with van der Waals surface area (Å²) in [5.41, 5.74) is 0.982. The number of benzene rings is 1. The number of aromatic nitrogens is 1. The highest BCUT2D eigenvalue weighted by Crippen LogP contribution is 2.33. The number of nitriles is 1. The molecular formula is C23H26ClN5O3. The number of carbonyl (C=O) groups excluding carboxylic acids is 3. The van der Waals surface area contributed by atoms with Gasteiger partial charge in [0.2, 0.25) is 11.8 Å². The molecule has 1 saturated heterocycles. The molecule has 2 aromatic rings. The molecular weight excluding hydrogens is 430 g/mol. The predicted octanol–water partition coefficient (Wildman–Crippen LogP) is 2.64. The molecule has 32 heavy (non-hydrogen) atoms. The number of halogens is 1. The fourth-order valence-electron chi connectivity index (χ4n) is 4.16. The van der Waals surface area contributed by atoms with Crippen molar-refractivity contribution in [1.29, 1.82) is 5.26 Å². The first-order chi connectivity index (χ1) is 15.4. The van der Waals surface area contributed by atoms with Gasteiger partial charge in [0.25, 0.3) is 5.91 Å². The van der Waals surface area contributed by atoms with Gasteiger partial charge in [-0.05, 0) is 43.7 Å². The molecule has 8 nitrogen and oxygen atoms in total. The maximum Gasteiger partial charge on any atom is 0.268 e. The Labute approximate surface area is 191 Å². The zero-order chi connectivity index (χ0) is 22.7. The second kappa shape index (κ2) is 9.61. The van der Waals surface area contributed by atoms with E-state index in [2.05, 4.69) is 27.0 Å². The van der Waals surface area contributed by atoms with Crippen LogP contribution in [0.15, 0.2) is 24.3 Å². The number of para-hydroxylation sites is 1. The molecule has 1 saturated carbocycles. The Morgan fingerprint density at radius 3 is 2.72 bits per heavy atom. The van der Waals surface area contributed by atoms with Gasteiger partial charge < -0.3 is 20.9 Å². The summed E-state index contributed by atoms with van der Waals surface area (Å²) in [5.74, 6) is -0.791. The van der Waals surface area contributed by atoms with Crippen molar-refractivity contribution < 1.29 is 14.4 Å². The Bertz CT molecular complexity index is 1070. The van der Waals surface area contributed by atoms with Crippen molar-refractivity contribution in [2.45, 2.75) is 50.6 Å². The number of rotatable bonds is 8. The smallest absolute Gasteiger partial charge is 0.268 e. The summed E-state index contributed by atoms with van der Waals surface area (Å²) in [6.45, 7) is 0.646. The summed E-state index contributed by atoms with van der Waals surface area (Å²) < 4.78 is 0. The maximum absolute atomic E-state index is 13.0. The monoisotopic (exact) mass is 455 g/mol. The molecule has 3 atom stereocenters. The number of piperidine rings is 1. The van der Waals surface area contributed by atoms with E-state index < -0.39 is 23.9 Å². The molecule has 9 heteroatoms. The maximum atomic E-state index is 13.0. The van der Waals surface area contributed by atoms with Gasteiger partial charge in [-0.25, -0.2) is 0 Å². The van der Waals surface area contributed by atoms with E-state index in [0.29, 0.717) is 41.5 Å². The van der Waals surface area contributed by atoms with Crippen LogP contribution in [0.3, 0.4) is 0 Å². The molecule has 2 unspecified atom stereocenters. The first-order valence-electron chi connectivity index (χ1n) is 11.0. The number of hydrogen-bond acceptors (Lipinski definition) is 4. The Morgan fingerprint density at radius 2 is 2.03 bits per heavy atom. The molecule has 4 N–H and O–H groups in total. The second-order valence-electron chi connectivity index (χ2n) is 8.65. The molecule has 1 aliphatic heterocycles. The minimum Gasteiger partial charge on any atom is -0.356 e. The quantitative estimate of drug-likeness (QED) is 0.488. The van der Waals surface area contributed by atoms with Gasteiger partial charge in [-0.2, -0.15) is 5.26 Å². The van der Waals surface area contributed by atoms with Crippen molar-refractivity contribution in [1.82, 2.24) is 20.9 Å². The number of aromatic amines is 1. The SMILES string of the molecule is N#C[C@H](CC1CCCNC1=O)NC(=O)C(CC1CC1)NC(=O)c1cc2cccc(Cl)c2[nH]1. The van der Waals surface area contributed by atoms with E-state index in [4.69, 9.17) is 11.6 Å². The summed E-state index contributed by atoms with van der Waals surface area (Å²) in [7, 11) is 0. The van der Waals surface area contributed by atoms with Gasteiger partial charge >= 0.3 is 0 Å². The van der Waals surface area contributed by atoms with Crippen LogP contribution in [0, 0.1) is 23.2 Å². The van der Waals surface area contributed by atoms with Crippen molar-refractivity contribution in [2.24, 2.45) is 11.8 Å². The zero-order valence-corrected chi connectivity index (χ0v) is 18.4. The van der Waals surface area contributed by atoms with Gasteiger partial charge in [0, 0.05) is 17.8 Å². The minimum atomic E-state index is -0.790. The molecule has 3 amide bonds. The first kappa shape index (κ1) is 22.2. The van der Waals surface area contributed by atoms with Gasteiger partial charge in [0.15, 0.2) is 0 Å². The molecule has 168 valence electrons. The van der Waals surface area contributed by atoms with Crippen LogP contribution in [-0.4, -0.2) is 41.3 Å². The highest BCUT2D eigenvalue weighted by Gasteiger charge is 2.33. The average Bonchev–Trinajstić information content (AvgIpc) is 3.48. The van der Waals surface area contributed by atoms with Crippen LogP contribution in [0.2, 0.25) is 5.02 Å². The first-order valence-corrected chi connectivity index (χ1v) is 11.4. The van der Waals surface area contributed by atoms with Crippen molar-refractivity contribution in [2.75, 3.05) is 6.54 Å². The molecule has 2 heterocycles. The van der Waals surface area contributed by atoms with Crippen LogP contribution < -0.4 is 16.0 Å². The molecule has 1 aromatic carbocycles. The highest BCUT2D eigenvalue weighted by atomic mass is 35.5. The van der Waals surface area contributed by atoms with E-state index in [9.17, 15) is 19.6 Å². The molecule has 1 aliphatic carbocycles. The van der Waals surface area contributed by atoms with Crippen molar-refractivity contribution >= 4 is 40.2 Å². The van der Waals surface area contributed by atoms with E-state index in [0.717, 1.165) is 24.6 Å². The molecule has 0 radical (unpaired) electrons. The van der Waals surface area contributed by atoms with E-state index in [-0.39, 0.29) is 18.2 Å². The predicted molar refractivity (Wildman–Crippen MR) is 120 cm³/mol. The van der Waals surface area contributed by atoms with E-state index in [1.807, 2.05) is 6.07 Å². The number of nitrogens with one attached hydrogen (secondary N) is 4. The van der Waals surface area contributed by atoms with Crippen LogP contribution in [0.1, 0.15) is 49.0 Å². The Balaban J connectivity index is 1.42. The standard InChI is InChI=1S/C23H26ClN5O3/c24-17-5-1-3-14-11-19(28-20(14)17)23(32)29-18(9-13-6-7-13)22(31)27-16(12-25)10-15-4-2-8-26-21(15)30/h1,3,5,11,13,15-16,18,28H,2,4,6-10H2,(H,26,30)(H,27,31)(H,29,32)/t15?,16-,18?/m0/s1. The number of amides is 3. The van der Waals surface area contributed by atoms with Crippen molar-refractivity contribution in [3.63, 3.8) is 0 Å².